The van der Waals surface area contributed by atoms with Crippen molar-refractivity contribution in [3.05, 3.63) is 69.7 Å². The summed E-state index contributed by atoms with van der Waals surface area (Å²) in [5.41, 5.74) is 3.05. The van der Waals surface area contributed by atoms with E-state index in [1.807, 2.05) is 18.2 Å². The number of carbonyl (C=O) groups is 2. The second kappa shape index (κ2) is 9.75. The minimum absolute atomic E-state index is 0.0612. The van der Waals surface area contributed by atoms with Crippen molar-refractivity contribution >= 4 is 27.7 Å². The number of carbonyl (C=O) groups excluding carboxylic acids is 2. The number of hydrogen-bond acceptors (Lipinski definition) is 3. The molecule has 2 aromatic carbocycles. The molecule has 0 aliphatic carbocycles. The van der Waals surface area contributed by atoms with E-state index in [0.717, 1.165) is 36.1 Å². The Labute approximate surface area is 186 Å². The van der Waals surface area contributed by atoms with Gasteiger partial charge in [0, 0.05) is 29.7 Å². The number of nitrogens with one attached hydrogen (secondary N) is 1. The molecule has 2 aromatic rings. The van der Waals surface area contributed by atoms with Crippen LogP contribution < -0.4 is 5.32 Å². The fraction of sp³-hybridized carbons (Fsp3) is 0.417. The minimum atomic E-state index is -0.396. The lowest BCUT2D eigenvalue weighted by atomic mass is 10.1. The van der Waals surface area contributed by atoms with Crippen LogP contribution in [0.2, 0.25) is 0 Å². The second-order valence-corrected chi connectivity index (χ2v) is 9.05. The van der Waals surface area contributed by atoms with Crippen LogP contribution in [0.3, 0.4) is 0 Å². The number of rotatable bonds is 6. The molecule has 2 aliphatic heterocycles. The summed E-state index contributed by atoms with van der Waals surface area (Å²) in [6, 6.07) is 15.2. The molecule has 2 fully saturated rings. The summed E-state index contributed by atoms with van der Waals surface area (Å²) >= 11 is 3.40. The van der Waals surface area contributed by atoms with E-state index in [2.05, 4.69) is 44.3 Å². The first-order chi connectivity index (χ1) is 14.6. The maximum Gasteiger partial charge on any atom is 0.254 e. The van der Waals surface area contributed by atoms with Crippen LogP contribution in [0.15, 0.2) is 53.0 Å². The van der Waals surface area contributed by atoms with Crippen molar-refractivity contribution in [1.29, 1.82) is 0 Å². The fourth-order valence-electron chi connectivity index (χ4n) is 4.41. The van der Waals surface area contributed by atoms with Crippen molar-refractivity contribution in [2.24, 2.45) is 0 Å². The number of amides is 2. The van der Waals surface area contributed by atoms with Gasteiger partial charge in [-0.15, -0.1) is 0 Å². The SMILES string of the molecule is O=C(NCc1ccccc1CN1CCCC1)C1CCCN1C(=O)c1ccc(Br)cc1. The highest BCUT2D eigenvalue weighted by molar-refractivity contribution is 9.10. The van der Waals surface area contributed by atoms with E-state index in [1.165, 1.54) is 18.4 Å². The first kappa shape index (κ1) is 21.1. The first-order valence-corrected chi connectivity index (χ1v) is 11.5. The molecule has 2 amide bonds. The van der Waals surface area contributed by atoms with E-state index < -0.39 is 6.04 Å². The summed E-state index contributed by atoms with van der Waals surface area (Å²) in [6.07, 6.45) is 4.10. The van der Waals surface area contributed by atoms with E-state index in [0.29, 0.717) is 25.1 Å². The zero-order chi connectivity index (χ0) is 20.9. The molecule has 158 valence electrons. The van der Waals surface area contributed by atoms with Gasteiger partial charge in [0.25, 0.3) is 5.91 Å². The minimum Gasteiger partial charge on any atom is -0.350 e. The zero-order valence-corrected chi connectivity index (χ0v) is 18.7. The smallest absolute Gasteiger partial charge is 0.254 e. The molecule has 2 aliphatic rings. The molecule has 0 saturated carbocycles. The van der Waals surface area contributed by atoms with Gasteiger partial charge in [0.05, 0.1) is 0 Å². The summed E-state index contributed by atoms with van der Waals surface area (Å²) in [5, 5.41) is 3.09. The predicted molar refractivity (Wildman–Crippen MR) is 121 cm³/mol. The molecule has 0 spiro atoms. The molecule has 1 unspecified atom stereocenters. The van der Waals surface area contributed by atoms with E-state index in [-0.39, 0.29) is 11.8 Å². The van der Waals surface area contributed by atoms with Crippen molar-refractivity contribution < 1.29 is 9.59 Å². The molecule has 0 aromatic heterocycles. The monoisotopic (exact) mass is 469 g/mol. The number of likely N-dealkylation sites (tertiary alicyclic amines) is 2. The lowest BCUT2D eigenvalue weighted by molar-refractivity contribution is -0.125. The number of benzene rings is 2. The molecule has 6 heteroatoms. The third-order valence-corrected chi connectivity index (χ3v) is 6.60. The molecule has 1 N–H and O–H groups in total. The summed E-state index contributed by atoms with van der Waals surface area (Å²) < 4.78 is 0.933. The van der Waals surface area contributed by atoms with Gasteiger partial charge in [0.2, 0.25) is 5.91 Å². The van der Waals surface area contributed by atoms with Crippen LogP contribution in [0.4, 0.5) is 0 Å². The quantitative estimate of drug-likeness (QED) is 0.696. The van der Waals surface area contributed by atoms with Gasteiger partial charge in [-0.25, -0.2) is 0 Å². The third kappa shape index (κ3) is 4.93. The largest absolute Gasteiger partial charge is 0.350 e. The van der Waals surface area contributed by atoms with Gasteiger partial charge in [0.15, 0.2) is 0 Å². The lowest BCUT2D eigenvalue weighted by Crippen LogP contribution is -2.45. The standard InChI is InChI=1S/C24H28BrN3O2/c25-21-11-9-18(10-12-21)24(30)28-15-5-8-22(28)23(29)26-16-19-6-1-2-7-20(19)17-27-13-3-4-14-27/h1-2,6-7,9-12,22H,3-5,8,13-17H2,(H,26,29). The van der Waals surface area contributed by atoms with Crippen LogP contribution in [0, 0.1) is 0 Å². The molecule has 0 bridgehead atoms. The Kier molecular flexibility index (Phi) is 6.85. The molecule has 0 radical (unpaired) electrons. The Morgan fingerprint density at radius 2 is 1.63 bits per heavy atom. The average molecular weight is 470 g/mol. The topological polar surface area (TPSA) is 52.7 Å². The van der Waals surface area contributed by atoms with Gasteiger partial charge in [-0.1, -0.05) is 40.2 Å². The van der Waals surface area contributed by atoms with Crippen molar-refractivity contribution in [3.63, 3.8) is 0 Å². The number of hydrogen-bond donors (Lipinski definition) is 1. The summed E-state index contributed by atoms with van der Waals surface area (Å²) in [7, 11) is 0. The van der Waals surface area contributed by atoms with Crippen LogP contribution in [-0.2, 0) is 17.9 Å². The van der Waals surface area contributed by atoms with Crippen LogP contribution in [-0.4, -0.2) is 47.3 Å². The van der Waals surface area contributed by atoms with Gasteiger partial charge >= 0.3 is 0 Å². The molecule has 30 heavy (non-hydrogen) atoms. The molecule has 4 rings (SSSR count). The molecule has 5 nitrogen and oxygen atoms in total. The Morgan fingerprint density at radius 1 is 0.933 bits per heavy atom. The molecular weight excluding hydrogens is 442 g/mol. The van der Waals surface area contributed by atoms with Crippen molar-refractivity contribution in [2.75, 3.05) is 19.6 Å². The van der Waals surface area contributed by atoms with Crippen molar-refractivity contribution in [3.8, 4) is 0 Å². The Balaban J connectivity index is 1.39. The van der Waals surface area contributed by atoms with Crippen LogP contribution >= 0.6 is 15.9 Å². The highest BCUT2D eigenvalue weighted by Crippen LogP contribution is 2.22. The van der Waals surface area contributed by atoms with E-state index in [4.69, 9.17) is 0 Å². The molecule has 2 heterocycles. The predicted octanol–water partition coefficient (Wildman–Crippen LogP) is 3.97. The van der Waals surface area contributed by atoms with Crippen LogP contribution in [0.1, 0.15) is 47.2 Å². The van der Waals surface area contributed by atoms with Gasteiger partial charge < -0.3 is 10.2 Å². The Morgan fingerprint density at radius 3 is 2.37 bits per heavy atom. The maximum absolute atomic E-state index is 13.0. The van der Waals surface area contributed by atoms with E-state index in [1.54, 1.807) is 17.0 Å². The van der Waals surface area contributed by atoms with Gasteiger partial charge in [-0.2, -0.15) is 0 Å². The Bertz CT molecular complexity index is 894. The van der Waals surface area contributed by atoms with Crippen molar-refractivity contribution in [2.45, 2.75) is 44.8 Å². The summed E-state index contributed by atoms with van der Waals surface area (Å²) in [4.78, 5) is 30.1. The maximum atomic E-state index is 13.0. The highest BCUT2D eigenvalue weighted by atomic mass is 79.9. The highest BCUT2D eigenvalue weighted by Gasteiger charge is 2.34. The summed E-state index contributed by atoms with van der Waals surface area (Å²) in [5.74, 6) is -0.136. The van der Waals surface area contributed by atoms with Crippen LogP contribution in [0.25, 0.3) is 0 Å². The lowest BCUT2D eigenvalue weighted by Gasteiger charge is -2.24. The van der Waals surface area contributed by atoms with Gasteiger partial charge in [-0.3, -0.25) is 14.5 Å². The summed E-state index contributed by atoms with van der Waals surface area (Å²) in [6.45, 7) is 4.35. The molecule has 2 saturated heterocycles. The Hall–Kier alpha value is -2.18. The second-order valence-electron chi connectivity index (χ2n) is 8.13. The average Bonchev–Trinajstić information content (AvgIpc) is 3.45. The van der Waals surface area contributed by atoms with E-state index in [9.17, 15) is 9.59 Å². The first-order valence-electron chi connectivity index (χ1n) is 10.8. The number of halogens is 1. The normalized spacial score (nSPS) is 19.2. The third-order valence-electron chi connectivity index (χ3n) is 6.07. The van der Waals surface area contributed by atoms with Crippen molar-refractivity contribution in [1.82, 2.24) is 15.1 Å². The van der Waals surface area contributed by atoms with E-state index >= 15 is 0 Å². The molecular formula is C24H28BrN3O2. The molecule has 1 atom stereocenters. The fourth-order valence-corrected chi connectivity index (χ4v) is 4.67. The van der Waals surface area contributed by atoms with Crippen LogP contribution in [0.5, 0.6) is 0 Å². The van der Waals surface area contributed by atoms with Gasteiger partial charge in [0.1, 0.15) is 6.04 Å². The number of nitrogens with zero attached hydrogens (tertiary/aromatic N) is 2. The van der Waals surface area contributed by atoms with Gasteiger partial charge in [-0.05, 0) is 74.2 Å². The zero-order valence-electron chi connectivity index (χ0n) is 17.1.